The molecule has 0 saturated carbocycles. The van der Waals surface area contributed by atoms with Crippen molar-refractivity contribution in [1.82, 2.24) is 0 Å². The standard InChI is InChI=1S/C20H16FNO5/c1-11-8-19(24)27-17-9-14(6-7-15(11)17)22-18(23)10-16(20(25)26)12-2-4-13(21)5-3-12/h2-9,16H,10H2,1H3,(H,22,23)(H,25,26). The van der Waals surface area contributed by atoms with Gasteiger partial charge in [-0.3, -0.25) is 9.59 Å². The number of aryl methyl sites for hydroxylation is 1. The second-order valence-corrected chi connectivity index (χ2v) is 6.15. The number of hydrogen-bond acceptors (Lipinski definition) is 4. The third-order valence-electron chi connectivity index (χ3n) is 4.20. The van der Waals surface area contributed by atoms with Gasteiger partial charge >= 0.3 is 11.6 Å². The van der Waals surface area contributed by atoms with Gasteiger partial charge in [0.05, 0.1) is 5.92 Å². The Balaban J connectivity index is 1.79. The molecule has 0 aliphatic heterocycles. The highest BCUT2D eigenvalue weighted by Gasteiger charge is 2.23. The second-order valence-electron chi connectivity index (χ2n) is 6.15. The maximum Gasteiger partial charge on any atom is 0.336 e. The van der Waals surface area contributed by atoms with Crippen LogP contribution in [0, 0.1) is 12.7 Å². The molecule has 0 spiro atoms. The first kappa shape index (κ1) is 18.3. The Bertz CT molecular complexity index is 1070. The topological polar surface area (TPSA) is 96.6 Å². The lowest BCUT2D eigenvalue weighted by Crippen LogP contribution is -2.21. The van der Waals surface area contributed by atoms with Crippen LogP contribution in [-0.4, -0.2) is 17.0 Å². The summed E-state index contributed by atoms with van der Waals surface area (Å²) in [6.07, 6.45) is -0.323. The van der Waals surface area contributed by atoms with Crippen molar-refractivity contribution in [2.45, 2.75) is 19.3 Å². The first-order chi connectivity index (χ1) is 12.8. The number of carbonyl (C=O) groups excluding carboxylic acids is 1. The third-order valence-corrected chi connectivity index (χ3v) is 4.20. The van der Waals surface area contributed by atoms with Crippen LogP contribution in [0.1, 0.15) is 23.5 Å². The van der Waals surface area contributed by atoms with Crippen molar-refractivity contribution < 1.29 is 23.5 Å². The van der Waals surface area contributed by atoms with Gasteiger partial charge in [-0.15, -0.1) is 0 Å². The van der Waals surface area contributed by atoms with Gasteiger partial charge in [-0.1, -0.05) is 12.1 Å². The molecule has 1 atom stereocenters. The molecule has 0 bridgehead atoms. The maximum atomic E-state index is 13.0. The molecule has 6 nitrogen and oxygen atoms in total. The highest BCUT2D eigenvalue weighted by atomic mass is 19.1. The Hall–Kier alpha value is -3.48. The first-order valence-electron chi connectivity index (χ1n) is 8.16. The molecule has 2 N–H and O–H groups in total. The number of carboxylic acids is 1. The molecule has 0 aliphatic carbocycles. The van der Waals surface area contributed by atoms with Crippen molar-refractivity contribution in [3.63, 3.8) is 0 Å². The molecule has 138 valence electrons. The predicted molar refractivity (Wildman–Crippen MR) is 97.2 cm³/mol. The van der Waals surface area contributed by atoms with Crippen molar-refractivity contribution in [3.8, 4) is 0 Å². The minimum Gasteiger partial charge on any atom is -0.481 e. The van der Waals surface area contributed by atoms with Crippen LogP contribution < -0.4 is 10.9 Å². The van der Waals surface area contributed by atoms with Crippen molar-refractivity contribution in [1.29, 1.82) is 0 Å². The Morgan fingerprint density at radius 2 is 1.85 bits per heavy atom. The van der Waals surface area contributed by atoms with E-state index in [1.807, 2.05) is 0 Å². The normalized spacial score (nSPS) is 11.9. The Morgan fingerprint density at radius 1 is 1.15 bits per heavy atom. The number of carboxylic acid groups (broad SMARTS) is 1. The number of carbonyl (C=O) groups is 2. The van der Waals surface area contributed by atoms with Crippen LogP contribution in [0.2, 0.25) is 0 Å². The summed E-state index contributed by atoms with van der Waals surface area (Å²) in [4.78, 5) is 35.3. The molecule has 0 fully saturated rings. The van der Waals surface area contributed by atoms with Crippen LogP contribution >= 0.6 is 0 Å². The van der Waals surface area contributed by atoms with Crippen LogP contribution in [0.5, 0.6) is 0 Å². The fourth-order valence-corrected chi connectivity index (χ4v) is 2.84. The number of halogens is 1. The molecule has 0 saturated heterocycles. The van der Waals surface area contributed by atoms with Crippen molar-refractivity contribution in [2.75, 3.05) is 5.32 Å². The van der Waals surface area contributed by atoms with E-state index in [-0.39, 0.29) is 6.42 Å². The minimum absolute atomic E-state index is 0.323. The summed E-state index contributed by atoms with van der Waals surface area (Å²) in [7, 11) is 0. The van der Waals surface area contributed by atoms with E-state index in [0.717, 1.165) is 23.1 Å². The van der Waals surface area contributed by atoms with Crippen LogP contribution in [0.25, 0.3) is 11.0 Å². The number of aliphatic carboxylic acids is 1. The highest BCUT2D eigenvalue weighted by Crippen LogP contribution is 2.23. The fraction of sp³-hybridized carbons (Fsp3) is 0.150. The lowest BCUT2D eigenvalue weighted by Gasteiger charge is -2.13. The minimum atomic E-state index is -1.18. The van der Waals surface area contributed by atoms with Gasteiger partial charge in [-0.25, -0.2) is 9.18 Å². The SMILES string of the molecule is Cc1cc(=O)oc2cc(NC(=O)CC(C(=O)O)c3ccc(F)cc3)ccc12. The Labute approximate surface area is 153 Å². The van der Waals surface area contributed by atoms with Crippen LogP contribution in [0.15, 0.2) is 57.7 Å². The molecule has 1 amide bonds. The summed E-state index contributed by atoms with van der Waals surface area (Å²) in [6.45, 7) is 1.78. The molecule has 1 aromatic heterocycles. The van der Waals surface area contributed by atoms with E-state index in [9.17, 15) is 23.9 Å². The van der Waals surface area contributed by atoms with Gasteiger partial charge in [-0.2, -0.15) is 0 Å². The molecular formula is C20H16FNO5. The Kier molecular flexibility index (Phi) is 5.03. The quantitative estimate of drug-likeness (QED) is 0.672. The Morgan fingerprint density at radius 3 is 2.52 bits per heavy atom. The number of hydrogen-bond donors (Lipinski definition) is 2. The van der Waals surface area contributed by atoms with Crippen LogP contribution in [0.4, 0.5) is 10.1 Å². The summed E-state index contributed by atoms with van der Waals surface area (Å²) in [6, 6.07) is 11.2. The van der Waals surface area contributed by atoms with Gasteiger partial charge in [0.2, 0.25) is 5.91 Å². The highest BCUT2D eigenvalue weighted by molar-refractivity contribution is 5.96. The zero-order valence-electron chi connectivity index (χ0n) is 14.4. The van der Waals surface area contributed by atoms with Crippen LogP contribution in [0.3, 0.4) is 0 Å². The smallest absolute Gasteiger partial charge is 0.336 e. The van der Waals surface area contributed by atoms with Crippen LogP contribution in [-0.2, 0) is 9.59 Å². The monoisotopic (exact) mass is 369 g/mol. The second kappa shape index (κ2) is 7.41. The molecular weight excluding hydrogens is 353 g/mol. The predicted octanol–water partition coefficient (Wildman–Crippen LogP) is 3.44. The molecule has 1 heterocycles. The first-order valence-corrected chi connectivity index (χ1v) is 8.16. The van der Waals surface area contributed by atoms with Crippen molar-refractivity contribution in [3.05, 3.63) is 75.9 Å². The van der Waals surface area contributed by atoms with E-state index in [1.54, 1.807) is 19.1 Å². The molecule has 27 heavy (non-hydrogen) atoms. The van der Waals surface area contributed by atoms with Crippen molar-refractivity contribution >= 4 is 28.5 Å². The van der Waals surface area contributed by atoms with E-state index in [1.165, 1.54) is 24.3 Å². The van der Waals surface area contributed by atoms with Gasteiger partial charge in [-0.05, 0) is 42.3 Å². The largest absolute Gasteiger partial charge is 0.481 e. The van der Waals surface area contributed by atoms with Gasteiger partial charge in [0, 0.05) is 29.6 Å². The summed E-state index contributed by atoms with van der Waals surface area (Å²) in [5.74, 6) is -3.30. The van der Waals surface area contributed by atoms with E-state index < -0.39 is 29.2 Å². The van der Waals surface area contributed by atoms with Crippen molar-refractivity contribution in [2.24, 2.45) is 0 Å². The molecule has 0 radical (unpaired) electrons. The fourth-order valence-electron chi connectivity index (χ4n) is 2.84. The molecule has 3 aromatic rings. The van der Waals surface area contributed by atoms with E-state index in [0.29, 0.717) is 16.8 Å². The zero-order chi connectivity index (χ0) is 19.6. The number of nitrogens with one attached hydrogen (secondary N) is 1. The summed E-state index contributed by atoms with van der Waals surface area (Å²) < 4.78 is 18.2. The molecule has 0 aliphatic rings. The number of rotatable bonds is 5. The molecule has 1 unspecified atom stereocenters. The van der Waals surface area contributed by atoms with Gasteiger partial charge < -0.3 is 14.8 Å². The zero-order valence-corrected chi connectivity index (χ0v) is 14.4. The molecule has 7 heteroatoms. The van der Waals surface area contributed by atoms with Gasteiger partial charge in [0.15, 0.2) is 0 Å². The number of amides is 1. The number of anilines is 1. The summed E-state index contributed by atoms with van der Waals surface area (Å²) in [5, 5.41) is 12.7. The lowest BCUT2D eigenvalue weighted by atomic mass is 9.95. The molecule has 2 aromatic carbocycles. The maximum absolute atomic E-state index is 13.0. The molecule has 3 rings (SSSR count). The summed E-state index contributed by atoms with van der Waals surface area (Å²) in [5.41, 5.74) is 1.29. The van der Waals surface area contributed by atoms with Gasteiger partial charge in [0.1, 0.15) is 11.4 Å². The number of benzene rings is 2. The lowest BCUT2D eigenvalue weighted by molar-refractivity contribution is -0.140. The summed E-state index contributed by atoms with van der Waals surface area (Å²) >= 11 is 0. The van der Waals surface area contributed by atoms with E-state index in [4.69, 9.17) is 4.42 Å². The average molecular weight is 369 g/mol. The van der Waals surface area contributed by atoms with Gasteiger partial charge in [0.25, 0.3) is 0 Å². The van der Waals surface area contributed by atoms with E-state index >= 15 is 0 Å². The number of fused-ring (bicyclic) bond motifs is 1. The third kappa shape index (κ3) is 4.20. The van der Waals surface area contributed by atoms with E-state index in [2.05, 4.69) is 5.32 Å². The average Bonchev–Trinajstić information content (AvgIpc) is 2.60.